The van der Waals surface area contributed by atoms with E-state index in [0.717, 1.165) is 18.0 Å². The third kappa shape index (κ3) is 2.96. The lowest BCUT2D eigenvalue weighted by atomic mass is 10.2. The van der Waals surface area contributed by atoms with Gasteiger partial charge in [0.15, 0.2) is 5.12 Å². The number of hydrogen-bond donors (Lipinski definition) is 0. The quantitative estimate of drug-likeness (QED) is 0.622. The van der Waals surface area contributed by atoms with Crippen LogP contribution < -0.4 is 4.90 Å². The number of nitro groups is 1. The molecule has 0 spiro atoms. The first-order valence-corrected chi connectivity index (χ1v) is 6.85. The average molecular weight is 295 g/mol. The van der Waals surface area contributed by atoms with Gasteiger partial charge in [-0.2, -0.15) is 0 Å². The highest BCUT2D eigenvalue weighted by Gasteiger charge is 2.33. The molecule has 2 heterocycles. The molecular formula is C12H13N3O4S. The van der Waals surface area contributed by atoms with E-state index in [1.807, 2.05) is 0 Å². The predicted octanol–water partition coefficient (Wildman–Crippen LogP) is 1.68. The van der Waals surface area contributed by atoms with E-state index in [0.29, 0.717) is 17.9 Å². The van der Waals surface area contributed by atoms with Gasteiger partial charge >= 0.3 is 0 Å². The molecule has 1 aromatic rings. The van der Waals surface area contributed by atoms with Crippen LogP contribution in [-0.2, 0) is 9.59 Å². The Labute approximate surface area is 119 Å². The number of carbonyl (C=O) groups is 2. The van der Waals surface area contributed by atoms with Crippen LogP contribution in [0.5, 0.6) is 0 Å². The first-order valence-electron chi connectivity index (χ1n) is 5.97. The maximum Gasteiger partial charge on any atom is 0.290 e. The van der Waals surface area contributed by atoms with Gasteiger partial charge in [0.1, 0.15) is 12.0 Å². The normalized spacial score (nSPS) is 18.4. The van der Waals surface area contributed by atoms with Crippen molar-refractivity contribution in [1.29, 1.82) is 0 Å². The molecule has 0 radical (unpaired) electrons. The SMILES string of the molecule is CC(=O)SC1CC(=O)N(c2cc(C)c([N+](=O)[O-])cn2)C1. The number of amides is 1. The molecule has 8 heteroatoms. The molecule has 0 N–H and O–H groups in total. The minimum Gasteiger partial charge on any atom is -0.296 e. The first-order chi connectivity index (χ1) is 9.38. The molecule has 106 valence electrons. The van der Waals surface area contributed by atoms with Crippen LogP contribution >= 0.6 is 11.8 Å². The molecule has 7 nitrogen and oxygen atoms in total. The molecule has 1 amide bonds. The second-order valence-electron chi connectivity index (χ2n) is 4.53. The maximum atomic E-state index is 11.9. The van der Waals surface area contributed by atoms with E-state index < -0.39 is 4.92 Å². The predicted molar refractivity (Wildman–Crippen MR) is 74.7 cm³/mol. The standard InChI is InChI=1S/C12H13N3O4S/c1-7-3-11(13-5-10(7)15(18)19)14-6-9(4-12(14)17)20-8(2)16/h3,5,9H,4,6H2,1-2H3. The molecular weight excluding hydrogens is 282 g/mol. The van der Waals surface area contributed by atoms with E-state index >= 15 is 0 Å². The number of aromatic nitrogens is 1. The van der Waals surface area contributed by atoms with Crippen LogP contribution in [0.3, 0.4) is 0 Å². The molecule has 1 aliphatic rings. The van der Waals surface area contributed by atoms with E-state index in [1.54, 1.807) is 6.92 Å². The molecule has 1 atom stereocenters. The van der Waals surface area contributed by atoms with Gasteiger partial charge in [0.2, 0.25) is 5.91 Å². The molecule has 0 bridgehead atoms. The third-order valence-electron chi connectivity index (χ3n) is 2.96. The number of thioether (sulfide) groups is 1. The van der Waals surface area contributed by atoms with Gasteiger partial charge in [0.05, 0.1) is 4.92 Å². The summed E-state index contributed by atoms with van der Waals surface area (Å²) in [5, 5.41) is 10.6. The van der Waals surface area contributed by atoms with Crippen molar-refractivity contribution >= 4 is 34.3 Å². The Balaban J connectivity index is 2.20. The molecule has 0 aromatic carbocycles. The van der Waals surface area contributed by atoms with Gasteiger partial charge in [0, 0.05) is 30.7 Å². The van der Waals surface area contributed by atoms with Gasteiger partial charge in [-0.15, -0.1) is 0 Å². The van der Waals surface area contributed by atoms with Crippen LogP contribution in [0.1, 0.15) is 18.9 Å². The number of pyridine rings is 1. The number of nitrogens with zero attached hydrogens (tertiary/aromatic N) is 3. The largest absolute Gasteiger partial charge is 0.296 e. The Hall–Kier alpha value is -1.96. The summed E-state index contributed by atoms with van der Waals surface area (Å²) >= 11 is 1.14. The minimum absolute atomic E-state index is 0.0301. The van der Waals surface area contributed by atoms with Gasteiger partial charge in [0.25, 0.3) is 5.69 Å². The molecule has 0 aliphatic carbocycles. The molecule has 1 unspecified atom stereocenters. The van der Waals surface area contributed by atoms with E-state index in [4.69, 9.17) is 0 Å². The topological polar surface area (TPSA) is 93.4 Å². The van der Waals surface area contributed by atoms with Gasteiger partial charge in [-0.05, 0) is 13.0 Å². The number of rotatable bonds is 3. The average Bonchev–Trinajstić information content (AvgIpc) is 2.68. The van der Waals surface area contributed by atoms with Crippen molar-refractivity contribution in [2.75, 3.05) is 11.4 Å². The smallest absolute Gasteiger partial charge is 0.290 e. The zero-order chi connectivity index (χ0) is 14.9. The summed E-state index contributed by atoms with van der Waals surface area (Å²) in [7, 11) is 0. The zero-order valence-electron chi connectivity index (χ0n) is 11.0. The monoisotopic (exact) mass is 295 g/mol. The van der Waals surface area contributed by atoms with E-state index in [1.165, 1.54) is 17.9 Å². The molecule has 2 rings (SSSR count). The number of hydrogen-bond acceptors (Lipinski definition) is 6. The highest BCUT2D eigenvalue weighted by Crippen LogP contribution is 2.29. The Morgan fingerprint density at radius 3 is 2.85 bits per heavy atom. The summed E-state index contributed by atoms with van der Waals surface area (Å²) in [6.45, 7) is 3.46. The van der Waals surface area contributed by atoms with Crippen molar-refractivity contribution in [2.45, 2.75) is 25.5 Å². The second-order valence-corrected chi connectivity index (χ2v) is 6.00. The van der Waals surface area contributed by atoms with Crippen LogP contribution in [-0.4, -0.2) is 32.7 Å². The fourth-order valence-electron chi connectivity index (χ4n) is 2.08. The second kappa shape index (κ2) is 5.58. The minimum atomic E-state index is -0.508. The van der Waals surface area contributed by atoms with E-state index in [9.17, 15) is 19.7 Å². The highest BCUT2D eigenvalue weighted by molar-refractivity contribution is 8.14. The summed E-state index contributed by atoms with van der Waals surface area (Å²) < 4.78 is 0. The summed E-state index contributed by atoms with van der Waals surface area (Å²) in [4.78, 5) is 38.7. The Bertz CT molecular complexity index is 590. The maximum absolute atomic E-state index is 11.9. The fourth-order valence-corrected chi connectivity index (χ4v) is 3.00. The molecule has 1 aromatic heterocycles. The molecule has 1 fully saturated rings. The van der Waals surface area contributed by atoms with Gasteiger partial charge in [-0.3, -0.25) is 24.6 Å². The van der Waals surface area contributed by atoms with Crippen LogP contribution in [0.4, 0.5) is 11.5 Å². The lowest BCUT2D eigenvalue weighted by molar-refractivity contribution is -0.385. The summed E-state index contributed by atoms with van der Waals surface area (Å²) in [5.41, 5.74) is 0.380. The number of carbonyl (C=O) groups excluding carboxylic acids is 2. The third-order valence-corrected chi connectivity index (χ3v) is 3.95. The fraction of sp³-hybridized carbons (Fsp3) is 0.417. The van der Waals surface area contributed by atoms with Gasteiger partial charge in [-0.25, -0.2) is 4.98 Å². The molecule has 20 heavy (non-hydrogen) atoms. The Morgan fingerprint density at radius 2 is 2.30 bits per heavy atom. The van der Waals surface area contributed by atoms with Crippen LogP contribution in [0.25, 0.3) is 0 Å². The van der Waals surface area contributed by atoms with E-state index in [2.05, 4.69) is 4.98 Å². The molecule has 1 aliphatic heterocycles. The van der Waals surface area contributed by atoms with Crippen molar-refractivity contribution < 1.29 is 14.5 Å². The van der Waals surface area contributed by atoms with Crippen LogP contribution in [0, 0.1) is 17.0 Å². The van der Waals surface area contributed by atoms with Crippen molar-refractivity contribution in [3.63, 3.8) is 0 Å². The Kier molecular flexibility index (Phi) is 4.03. The molecule has 0 saturated carbocycles. The van der Waals surface area contributed by atoms with Crippen molar-refractivity contribution in [2.24, 2.45) is 0 Å². The Morgan fingerprint density at radius 1 is 1.60 bits per heavy atom. The van der Waals surface area contributed by atoms with Gasteiger partial charge in [-0.1, -0.05) is 11.8 Å². The van der Waals surface area contributed by atoms with Crippen LogP contribution in [0.2, 0.25) is 0 Å². The number of aryl methyl sites for hydroxylation is 1. The summed E-state index contributed by atoms with van der Waals surface area (Å²) in [6.07, 6.45) is 1.44. The highest BCUT2D eigenvalue weighted by atomic mass is 32.2. The van der Waals surface area contributed by atoms with Gasteiger partial charge < -0.3 is 0 Å². The van der Waals surface area contributed by atoms with Crippen molar-refractivity contribution in [3.05, 3.63) is 27.9 Å². The van der Waals surface area contributed by atoms with Crippen LogP contribution in [0.15, 0.2) is 12.3 Å². The lowest BCUT2D eigenvalue weighted by Crippen LogP contribution is -2.26. The lowest BCUT2D eigenvalue weighted by Gasteiger charge is -2.15. The molecule has 1 saturated heterocycles. The zero-order valence-corrected chi connectivity index (χ0v) is 11.8. The number of anilines is 1. The van der Waals surface area contributed by atoms with Crippen molar-refractivity contribution in [3.8, 4) is 0 Å². The van der Waals surface area contributed by atoms with E-state index in [-0.39, 0.29) is 28.4 Å². The van der Waals surface area contributed by atoms with Crippen molar-refractivity contribution in [1.82, 2.24) is 4.98 Å². The first kappa shape index (κ1) is 14.4. The summed E-state index contributed by atoms with van der Waals surface area (Å²) in [6, 6.07) is 1.52. The summed E-state index contributed by atoms with van der Waals surface area (Å²) in [5.74, 6) is 0.272.